The van der Waals surface area contributed by atoms with E-state index in [-0.39, 0.29) is 17.4 Å². The van der Waals surface area contributed by atoms with E-state index in [1.807, 2.05) is 19.1 Å². The Balaban J connectivity index is 2.12. The second-order valence-electron chi connectivity index (χ2n) is 5.97. The van der Waals surface area contributed by atoms with Crippen molar-refractivity contribution in [1.29, 1.82) is 0 Å². The van der Waals surface area contributed by atoms with E-state index in [0.29, 0.717) is 24.3 Å². The number of rotatable bonds is 10. The molecule has 0 radical (unpaired) electrons. The largest absolute Gasteiger partial charge is 0.481 e. The zero-order valence-electron chi connectivity index (χ0n) is 14.4. The number of carboxylic acid groups (broad SMARTS) is 1. The van der Waals surface area contributed by atoms with Crippen LogP contribution in [-0.2, 0) is 21.2 Å². The van der Waals surface area contributed by atoms with Crippen LogP contribution in [0.3, 0.4) is 0 Å². The predicted octanol–water partition coefficient (Wildman–Crippen LogP) is 4.63. The van der Waals surface area contributed by atoms with Crippen LogP contribution < -0.4 is 4.72 Å². The van der Waals surface area contributed by atoms with Crippen molar-refractivity contribution in [2.24, 2.45) is 0 Å². The fourth-order valence-electron chi connectivity index (χ4n) is 2.55. The van der Waals surface area contributed by atoms with Gasteiger partial charge in [0.05, 0.1) is 10.9 Å². The molecule has 142 valence electrons. The third-order valence-electron chi connectivity index (χ3n) is 3.84. The third kappa shape index (κ3) is 6.09. The Bertz CT molecular complexity index is 831. The minimum Gasteiger partial charge on any atom is -0.481 e. The van der Waals surface area contributed by atoms with E-state index in [0.717, 1.165) is 16.2 Å². The summed E-state index contributed by atoms with van der Waals surface area (Å²) < 4.78 is 28.1. The number of benzene rings is 1. The fraction of sp³-hybridized carbons (Fsp3) is 0.389. The molecular weight excluding hydrogens is 394 g/mol. The van der Waals surface area contributed by atoms with Gasteiger partial charge < -0.3 is 5.11 Å². The zero-order chi connectivity index (χ0) is 19.2. The van der Waals surface area contributed by atoms with Crippen LogP contribution in [0.4, 0.5) is 0 Å². The van der Waals surface area contributed by atoms with E-state index in [2.05, 4.69) is 4.72 Å². The van der Waals surface area contributed by atoms with Gasteiger partial charge in [-0.2, -0.15) is 0 Å². The summed E-state index contributed by atoms with van der Waals surface area (Å²) in [6.45, 7) is 2.00. The highest BCUT2D eigenvalue weighted by Crippen LogP contribution is 2.29. The third-order valence-corrected chi connectivity index (χ3v) is 6.84. The Labute approximate surface area is 163 Å². The Morgan fingerprint density at radius 1 is 1.23 bits per heavy atom. The maximum Gasteiger partial charge on any atom is 0.303 e. The highest BCUT2D eigenvalue weighted by molar-refractivity contribution is 7.89. The molecule has 5 nitrogen and oxygen atoms in total. The van der Waals surface area contributed by atoms with Gasteiger partial charge in [0, 0.05) is 21.2 Å². The Morgan fingerprint density at radius 3 is 2.54 bits per heavy atom. The molecule has 2 rings (SSSR count). The first-order valence-corrected chi connectivity index (χ1v) is 11.1. The SMILES string of the molecule is CCCC(NS(=O)(=O)c1ccc(Cl)cc1)c1ccc(CCCC(=O)O)s1. The van der Waals surface area contributed by atoms with Crippen molar-refractivity contribution in [3.8, 4) is 0 Å². The smallest absolute Gasteiger partial charge is 0.303 e. The number of aryl methyl sites for hydroxylation is 1. The number of aliphatic carboxylic acids is 1. The molecule has 26 heavy (non-hydrogen) atoms. The highest BCUT2D eigenvalue weighted by Gasteiger charge is 2.22. The minimum atomic E-state index is -3.65. The van der Waals surface area contributed by atoms with Gasteiger partial charge in [0.25, 0.3) is 0 Å². The number of nitrogens with one attached hydrogen (secondary N) is 1. The van der Waals surface area contributed by atoms with Crippen LogP contribution in [0.2, 0.25) is 5.02 Å². The molecule has 2 aromatic rings. The maximum atomic E-state index is 12.6. The molecule has 0 spiro atoms. The first-order chi connectivity index (χ1) is 12.3. The van der Waals surface area contributed by atoms with Crippen LogP contribution in [0.25, 0.3) is 0 Å². The summed E-state index contributed by atoms with van der Waals surface area (Å²) >= 11 is 7.36. The van der Waals surface area contributed by atoms with Crippen LogP contribution in [0.1, 0.15) is 48.4 Å². The number of halogens is 1. The summed E-state index contributed by atoms with van der Waals surface area (Å²) in [4.78, 5) is 12.8. The van der Waals surface area contributed by atoms with Crippen molar-refractivity contribution < 1.29 is 18.3 Å². The number of hydrogen-bond donors (Lipinski definition) is 2. The Morgan fingerprint density at radius 2 is 1.92 bits per heavy atom. The lowest BCUT2D eigenvalue weighted by atomic mass is 10.1. The number of sulfonamides is 1. The van der Waals surface area contributed by atoms with Gasteiger partial charge in [-0.15, -0.1) is 11.3 Å². The normalized spacial score (nSPS) is 12.8. The first kappa shape index (κ1) is 20.9. The average Bonchev–Trinajstić information content (AvgIpc) is 3.03. The number of hydrogen-bond acceptors (Lipinski definition) is 4. The molecule has 0 aliphatic heterocycles. The van der Waals surface area contributed by atoms with Gasteiger partial charge in [-0.05, 0) is 55.7 Å². The maximum absolute atomic E-state index is 12.6. The lowest BCUT2D eigenvalue weighted by Gasteiger charge is -2.17. The van der Waals surface area contributed by atoms with Crippen molar-refractivity contribution >= 4 is 38.9 Å². The van der Waals surface area contributed by atoms with Gasteiger partial charge in [0.2, 0.25) is 10.0 Å². The van der Waals surface area contributed by atoms with Crippen molar-refractivity contribution in [2.45, 2.75) is 50.0 Å². The molecule has 1 aromatic carbocycles. The minimum absolute atomic E-state index is 0.134. The Hall–Kier alpha value is -1.41. The highest BCUT2D eigenvalue weighted by atomic mass is 35.5. The summed E-state index contributed by atoms with van der Waals surface area (Å²) in [5.41, 5.74) is 0. The second kappa shape index (κ2) is 9.50. The van der Waals surface area contributed by atoms with Gasteiger partial charge in [0.1, 0.15) is 0 Å². The molecule has 2 N–H and O–H groups in total. The molecule has 0 aliphatic rings. The molecule has 0 bridgehead atoms. The molecule has 0 amide bonds. The second-order valence-corrected chi connectivity index (χ2v) is 9.32. The Kier molecular flexibility index (Phi) is 7.64. The number of carboxylic acids is 1. The van der Waals surface area contributed by atoms with Gasteiger partial charge in [0.15, 0.2) is 0 Å². The molecule has 1 aromatic heterocycles. The molecule has 1 heterocycles. The van der Waals surface area contributed by atoms with E-state index in [4.69, 9.17) is 16.7 Å². The fourth-order valence-corrected chi connectivity index (χ4v) is 5.14. The number of carbonyl (C=O) groups is 1. The molecule has 1 unspecified atom stereocenters. The molecule has 0 saturated heterocycles. The summed E-state index contributed by atoms with van der Waals surface area (Å²) in [6, 6.07) is 9.64. The van der Waals surface area contributed by atoms with Crippen molar-refractivity contribution in [1.82, 2.24) is 4.72 Å². The zero-order valence-corrected chi connectivity index (χ0v) is 16.8. The first-order valence-electron chi connectivity index (χ1n) is 8.40. The van der Waals surface area contributed by atoms with Crippen molar-refractivity contribution in [3.05, 3.63) is 51.2 Å². The van der Waals surface area contributed by atoms with Gasteiger partial charge in [-0.25, -0.2) is 13.1 Å². The summed E-state index contributed by atoms with van der Waals surface area (Å²) in [7, 11) is -3.65. The standard InChI is InChI=1S/C18H22ClNO4S2/c1-2-4-16(17-12-9-14(25-17)5-3-6-18(21)22)20-26(23,24)15-10-7-13(19)8-11-15/h7-12,16,20H,2-6H2,1H3,(H,21,22). The van der Waals surface area contributed by atoms with Crippen LogP contribution >= 0.6 is 22.9 Å². The molecular formula is C18H22ClNO4S2. The van der Waals surface area contributed by atoms with Gasteiger partial charge in [-0.1, -0.05) is 24.9 Å². The van der Waals surface area contributed by atoms with Crippen LogP contribution in [0.5, 0.6) is 0 Å². The van der Waals surface area contributed by atoms with E-state index in [1.54, 1.807) is 12.1 Å². The molecule has 0 fully saturated rings. The molecule has 8 heteroatoms. The molecule has 1 atom stereocenters. The van der Waals surface area contributed by atoms with Gasteiger partial charge >= 0.3 is 5.97 Å². The van der Waals surface area contributed by atoms with Crippen LogP contribution in [0.15, 0.2) is 41.3 Å². The van der Waals surface area contributed by atoms with Crippen molar-refractivity contribution in [3.63, 3.8) is 0 Å². The van der Waals surface area contributed by atoms with Gasteiger partial charge in [-0.3, -0.25) is 4.79 Å². The lowest BCUT2D eigenvalue weighted by Crippen LogP contribution is -2.28. The molecule has 0 aliphatic carbocycles. The van der Waals surface area contributed by atoms with E-state index in [9.17, 15) is 13.2 Å². The monoisotopic (exact) mass is 415 g/mol. The van der Waals surface area contributed by atoms with E-state index >= 15 is 0 Å². The predicted molar refractivity (Wildman–Crippen MR) is 104 cm³/mol. The molecule has 0 saturated carbocycles. The summed E-state index contributed by atoms with van der Waals surface area (Å²) in [6.07, 6.45) is 2.90. The van der Waals surface area contributed by atoms with Crippen LogP contribution in [-0.4, -0.2) is 19.5 Å². The van der Waals surface area contributed by atoms with E-state index < -0.39 is 16.0 Å². The van der Waals surface area contributed by atoms with Crippen molar-refractivity contribution in [2.75, 3.05) is 0 Å². The topological polar surface area (TPSA) is 83.5 Å². The van der Waals surface area contributed by atoms with E-state index in [1.165, 1.54) is 23.5 Å². The number of thiophene rings is 1. The average molecular weight is 416 g/mol. The summed E-state index contributed by atoms with van der Waals surface area (Å²) in [5.74, 6) is -0.804. The van der Waals surface area contributed by atoms with Crippen LogP contribution in [0, 0.1) is 0 Å². The lowest BCUT2D eigenvalue weighted by molar-refractivity contribution is -0.137. The quantitative estimate of drug-likeness (QED) is 0.592. The summed E-state index contributed by atoms with van der Waals surface area (Å²) in [5, 5.41) is 9.21.